The first-order chi connectivity index (χ1) is 10.8. The predicted octanol–water partition coefficient (Wildman–Crippen LogP) is 2.61. The fraction of sp³-hybridized carbons (Fsp3) is 0.0625. The van der Waals surface area contributed by atoms with Gasteiger partial charge in [0.05, 0.1) is 11.0 Å². The number of hydrogen-bond donors (Lipinski definition) is 1. The minimum Gasteiger partial charge on any atom is -0.454 e. The standard InChI is InChI=1S/C16H11N3O3/c20-16(10-1-3-12-13(7-10)18-6-5-17-12)19-11-2-4-14-15(8-11)22-9-21-14/h1-8H,9H2,(H,19,20). The molecule has 0 saturated carbocycles. The van der Waals surface area contributed by atoms with E-state index in [1.54, 1.807) is 48.8 Å². The van der Waals surface area contributed by atoms with Gasteiger partial charge in [-0.1, -0.05) is 0 Å². The molecule has 1 aromatic heterocycles. The number of fused-ring (bicyclic) bond motifs is 2. The second-order valence-electron chi connectivity index (χ2n) is 4.78. The van der Waals surface area contributed by atoms with E-state index in [0.717, 1.165) is 5.52 Å². The number of amides is 1. The third-order valence-corrected chi connectivity index (χ3v) is 3.36. The van der Waals surface area contributed by atoms with Gasteiger partial charge in [0.2, 0.25) is 6.79 Å². The summed E-state index contributed by atoms with van der Waals surface area (Å²) in [5, 5.41) is 2.83. The van der Waals surface area contributed by atoms with Crippen molar-refractivity contribution in [2.45, 2.75) is 0 Å². The van der Waals surface area contributed by atoms with E-state index in [9.17, 15) is 4.79 Å². The van der Waals surface area contributed by atoms with Gasteiger partial charge in [-0.3, -0.25) is 14.8 Å². The second kappa shape index (κ2) is 5.00. The van der Waals surface area contributed by atoms with Crippen LogP contribution >= 0.6 is 0 Å². The third kappa shape index (κ3) is 2.20. The van der Waals surface area contributed by atoms with Gasteiger partial charge in [0.15, 0.2) is 11.5 Å². The number of nitrogens with zero attached hydrogens (tertiary/aromatic N) is 2. The van der Waals surface area contributed by atoms with Crippen LogP contribution in [0.5, 0.6) is 11.5 Å². The van der Waals surface area contributed by atoms with Crippen molar-refractivity contribution >= 4 is 22.6 Å². The molecular weight excluding hydrogens is 282 g/mol. The molecule has 0 fully saturated rings. The summed E-state index contributed by atoms with van der Waals surface area (Å²) < 4.78 is 10.5. The molecule has 0 bridgehead atoms. The Hall–Kier alpha value is -3.15. The first-order valence-corrected chi connectivity index (χ1v) is 6.71. The van der Waals surface area contributed by atoms with E-state index in [0.29, 0.717) is 28.3 Å². The number of aromatic nitrogens is 2. The molecule has 0 atom stereocenters. The Morgan fingerprint density at radius 3 is 2.68 bits per heavy atom. The Labute approximate surface area is 125 Å². The summed E-state index contributed by atoms with van der Waals surface area (Å²) in [5.74, 6) is 1.09. The van der Waals surface area contributed by atoms with Crippen LogP contribution in [0, 0.1) is 0 Å². The molecule has 1 aliphatic rings. The molecule has 1 aliphatic heterocycles. The number of benzene rings is 2. The lowest BCUT2D eigenvalue weighted by Crippen LogP contribution is -2.11. The molecule has 1 amide bonds. The number of carbonyl (C=O) groups excluding carboxylic acids is 1. The summed E-state index contributed by atoms with van der Waals surface area (Å²) in [4.78, 5) is 20.7. The first-order valence-electron chi connectivity index (χ1n) is 6.71. The molecule has 0 saturated heterocycles. The highest BCUT2D eigenvalue weighted by Gasteiger charge is 2.14. The van der Waals surface area contributed by atoms with E-state index in [4.69, 9.17) is 9.47 Å². The summed E-state index contributed by atoms with van der Waals surface area (Å²) in [5.41, 5.74) is 2.60. The predicted molar refractivity (Wildman–Crippen MR) is 80.1 cm³/mol. The maximum atomic E-state index is 12.3. The van der Waals surface area contributed by atoms with Gasteiger partial charge in [-0.2, -0.15) is 0 Å². The van der Waals surface area contributed by atoms with Crippen LogP contribution in [0.1, 0.15) is 10.4 Å². The average Bonchev–Trinajstić information content (AvgIpc) is 3.02. The van der Waals surface area contributed by atoms with Gasteiger partial charge in [0.1, 0.15) is 0 Å². The fourth-order valence-electron chi connectivity index (χ4n) is 2.28. The highest BCUT2D eigenvalue weighted by molar-refractivity contribution is 6.06. The molecule has 6 heteroatoms. The minimum absolute atomic E-state index is 0.204. The lowest BCUT2D eigenvalue weighted by molar-refractivity contribution is 0.102. The van der Waals surface area contributed by atoms with Crippen molar-refractivity contribution in [2.24, 2.45) is 0 Å². The monoisotopic (exact) mass is 293 g/mol. The molecule has 108 valence electrons. The van der Waals surface area contributed by atoms with Crippen molar-refractivity contribution in [3.8, 4) is 11.5 Å². The van der Waals surface area contributed by atoms with Gasteiger partial charge in [0.25, 0.3) is 5.91 Å². The average molecular weight is 293 g/mol. The molecule has 1 N–H and O–H groups in total. The van der Waals surface area contributed by atoms with Crippen LogP contribution in [-0.4, -0.2) is 22.7 Å². The maximum Gasteiger partial charge on any atom is 0.255 e. The molecule has 22 heavy (non-hydrogen) atoms. The van der Waals surface area contributed by atoms with Crippen molar-refractivity contribution in [1.82, 2.24) is 9.97 Å². The smallest absolute Gasteiger partial charge is 0.255 e. The van der Waals surface area contributed by atoms with E-state index in [1.807, 2.05) is 0 Å². The summed E-state index contributed by atoms with van der Waals surface area (Å²) >= 11 is 0. The highest BCUT2D eigenvalue weighted by atomic mass is 16.7. The van der Waals surface area contributed by atoms with Crippen molar-refractivity contribution in [2.75, 3.05) is 12.1 Å². The number of ether oxygens (including phenoxy) is 2. The Morgan fingerprint density at radius 2 is 1.77 bits per heavy atom. The van der Waals surface area contributed by atoms with Crippen LogP contribution in [0.4, 0.5) is 5.69 Å². The zero-order chi connectivity index (χ0) is 14.9. The largest absolute Gasteiger partial charge is 0.454 e. The van der Waals surface area contributed by atoms with Crippen molar-refractivity contribution < 1.29 is 14.3 Å². The minimum atomic E-state index is -0.216. The van der Waals surface area contributed by atoms with E-state index < -0.39 is 0 Å². The van der Waals surface area contributed by atoms with Gasteiger partial charge in [-0.05, 0) is 30.3 Å². The number of anilines is 1. The Balaban J connectivity index is 1.60. The highest BCUT2D eigenvalue weighted by Crippen LogP contribution is 2.34. The molecule has 4 rings (SSSR count). The fourth-order valence-corrected chi connectivity index (χ4v) is 2.28. The number of nitrogens with one attached hydrogen (secondary N) is 1. The Kier molecular flexibility index (Phi) is 2.86. The first kappa shape index (κ1) is 12.6. The maximum absolute atomic E-state index is 12.3. The molecule has 2 aromatic carbocycles. The van der Waals surface area contributed by atoms with Crippen molar-refractivity contribution in [1.29, 1.82) is 0 Å². The number of hydrogen-bond acceptors (Lipinski definition) is 5. The molecule has 0 radical (unpaired) electrons. The number of carbonyl (C=O) groups is 1. The SMILES string of the molecule is O=C(Nc1ccc2c(c1)OCO2)c1ccc2nccnc2c1. The van der Waals surface area contributed by atoms with Crippen LogP contribution in [0.3, 0.4) is 0 Å². The van der Waals surface area contributed by atoms with Crippen LogP contribution in [0.25, 0.3) is 11.0 Å². The van der Waals surface area contributed by atoms with Crippen molar-refractivity contribution in [3.63, 3.8) is 0 Å². The molecular formula is C16H11N3O3. The van der Waals surface area contributed by atoms with Gasteiger partial charge in [0, 0.05) is 29.7 Å². The molecule has 2 heterocycles. The summed E-state index contributed by atoms with van der Waals surface area (Å²) in [7, 11) is 0. The van der Waals surface area contributed by atoms with E-state index in [2.05, 4.69) is 15.3 Å². The summed E-state index contributed by atoms with van der Waals surface area (Å²) in [6, 6.07) is 10.5. The van der Waals surface area contributed by atoms with Gasteiger partial charge in [-0.15, -0.1) is 0 Å². The molecule has 6 nitrogen and oxygen atoms in total. The van der Waals surface area contributed by atoms with E-state index in [1.165, 1.54) is 0 Å². The van der Waals surface area contributed by atoms with Gasteiger partial charge in [-0.25, -0.2) is 0 Å². The molecule has 3 aromatic rings. The topological polar surface area (TPSA) is 73.3 Å². The zero-order valence-corrected chi connectivity index (χ0v) is 11.4. The van der Waals surface area contributed by atoms with Gasteiger partial charge >= 0.3 is 0 Å². The van der Waals surface area contributed by atoms with Crippen LogP contribution in [0.15, 0.2) is 48.8 Å². The normalized spacial score (nSPS) is 12.4. The number of rotatable bonds is 2. The Morgan fingerprint density at radius 1 is 0.955 bits per heavy atom. The zero-order valence-electron chi connectivity index (χ0n) is 11.4. The van der Waals surface area contributed by atoms with Crippen LogP contribution < -0.4 is 14.8 Å². The lowest BCUT2D eigenvalue weighted by atomic mass is 10.1. The Bertz CT molecular complexity index is 879. The van der Waals surface area contributed by atoms with Gasteiger partial charge < -0.3 is 14.8 Å². The van der Waals surface area contributed by atoms with Crippen LogP contribution in [0.2, 0.25) is 0 Å². The van der Waals surface area contributed by atoms with E-state index in [-0.39, 0.29) is 12.7 Å². The van der Waals surface area contributed by atoms with E-state index >= 15 is 0 Å². The second-order valence-corrected chi connectivity index (χ2v) is 4.78. The summed E-state index contributed by atoms with van der Waals surface area (Å²) in [6.07, 6.45) is 3.22. The van der Waals surface area contributed by atoms with Crippen LogP contribution in [-0.2, 0) is 0 Å². The lowest BCUT2D eigenvalue weighted by Gasteiger charge is -2.06. The summed E-state index contributed by atoms with van der Waals surface area (Å²) in [6.45, 7) is 0.204. The third-order valence-electron chi connectivity index (χ3n) is 3.36. The quantitative estimate of drug-likeness (QED) is 0.786. The molecule has 0 aliphatic carbocycles. The molecule has 0 unspecified atom stereocenters. The van der Waals surface area contributed by atoms with Crippen molar-refractivity contribution in [3.05, 3.63) is 54.4 Å². The molecule has 0 spiro atoms.